The summed E-state index contributed by atoms with van der Waals surface area (Å²) < 4.78 is 5.38. The quantitative estimate of drug-likeness (QED) is 0.542. The zero-order valence-corrected chi connectivity index (χ0v) is 15.5. The van der Waals surface area contributed by atoms with E-state index in [0.29, 0.717) is 31.3 Å². The van der Waals surface area contributed by atoms with Crippen LogP contribution in [0.1, 0.15) is 45.1 Å². The van der Waals surface area contributed by atoms with Crippen molar-refractivity contribution in [3.63, 3.8) is 0 Å². The Labute approximate surface area is 155 Å². The smallest absolute Gasteiger partial charge is 0.408 e. The molecule has 1 aliphatic carbocycles. The molecule has 6 heteroatoms. The van der Waals surface area contributed by atoms with Gasteiger partial charge in [-0.3, -0.25) is 4.79 Å². The fraction of sp³-hybridized carbons (Fsp3) is 0.550. The number of carbonyl (C=O) groups is 2. The van der Waals surface area contributed by atoms with Crippen molar-refractivity contribution in [1.29, 1.82) is 5.26 Å². The van der Waals surface area contributed by atoms with Gasteiger partial charge in [-0.2, -0.15) is 5.26 Å². The zero-order valence-electron chi connectivity index (χ0n) is 15.5. The minimum absolute atomic E-state index is 0.333. The van der Waals surface area contributed by atoms with Crippen molar-refractivity contribution in [2.45, 2.75) is 52.2 Å². The molecule has 2 rings (SSSR count). The average molecular weight is 357 g/mol. The number of rotatable bonds is 9. The maximum atomic E-state index is 12.7. The number of benzene rings is 1. The Hall–Kier alpha value is -2.55. The predicted molar refractivity (Wildman–Crippen MR) is 97.7 cm³/mol. The van der Waals surface area contributed by atoms with E-state index in [0.717, 1.165) is 29.7 Å². The van der Waals surface area contributed by atoms with Gasteiger partial charge in [0.25, 0.3) is 5.91 Å². The van der Waals surface area contributed by atoms with E-state index in [2.05, 4.69) is 5.32 Å². The monoisotopic (exact) mass is 357 g/mol. The van der Waals surface area contributed by atoms with Gasteiger partial charge in [-0.05, 0) is 30.2 Å². The molecule has 1 fully saturated rings. The molecule has 1 aliphatic rings. The van der Waals surface area contributed by atoms with Gasteiger partial charge in [0.2, 0.25) is 0 Å². The number of carbonyl (C=O) groups excluding carboxylic acids is 2. The lowest BCUT2D eigenvalue weighted by molar-refractivity contribution is -0.137. The number of ether oxygens (including phenoxy) is 1. The van der Waals surface area contributed by atoms with E-state index in [1.54, 1.807) is 0 Å². The molecule has 1 unspecified atom stereocenters. The van der Waals surface area contributed by atoms with Crippen molar-refractivity contribution in [3.05, 3.63) is 35.9 Å². The molecule has 0 bridgehead atoms. The lowest BCUT2D eigenvalue weighted by Gasteiger charge is -2.22. The highest BCUT2D eigenvalue weighted by Crippen LogP contribution is 2.34. The molecule has 140 valence electrons. The van der Waals surface area contributed by atoms with Crippen molar-refractivity contribution in [2.24, 2.45) is 11.8 Å². The van der Waals surface area contributed by atoms with Crippen molar-refractivity contribution in [3.8, 4) is 6.19 Å². The second kappa shape index (κ2) is 9.81. The van der Waals surface area contributed by atoms with E-state index in [1.807, 2.05) is 50.4 Å². The highest BCUT2D eigenvalue weighted by molar-refractivity contribution is 5.84. The van der Waals surface area contributed by atoms with Crippen LogP contribution in [0.5, 0.6) is 0 Å². The standard InChI is InChI=1S/C20H27N3O3/c1-15(2)10-11-23(14-21)19(24)18(12-16-8-9-16)26-20(25)22-13-17-6-4-3-5-7-17/h3-7,15-16,18H,8-13H2,1-2H3,(H,22,25). The van der Waals surface area contributed by atoms with E-state index < -0.39 is 18.1 Å². The minimum Gasteiger partial charge on any atom is -0.436 e. The number of hydrogen-bond donors (Lipinski definition) is 1. The Morgan fingerprint density at radius 3 is 2.58 bits per heavy atom. The van der Waals surface area contributed by atoms with Crippen LogP contribution in [0.4, 0.5) is 4.79 Å². The van der Waals surface area contributed by atoms with Crippen molar-refractivity contribution in [2.75, 3.05) is 6.54 Å². The summed E-state index contributed by atoms with van der Waals surface area (Å²) in [4.78, 5) is 25.9. The number of nitriles is 1. The van der Waals surface area contributed by atoms with Crippen LogP contribution in [0.2, 0.25) is 0 Å². The Morgan fingerprint density at radius 1 is 1.31 bits per heavy atom. The van der Waals surface area contributed by atoms with Crippen LogP contribution < -0.4 is 5.32 Å². The lowest BCUT2D eigenvalue weighted by atomic mass is 10.1. The summed E-state index contributed by atoms with van der Waals surface area (Å²) in [5, 5.41) is 12.0. The third-order valence-corrected chi connectivity index (χ3v) is 4.37. The van der Waals surface area contributed by atoms with E-state index in [9.17, 15) is 14.9 Å². The van der Waals surface area contributed by atoms with Crippen LogP contribution in [0.15, 0.2) is 30.3 Å². The van der Waals surface area contributed by atoms with Crippen LogP contribution >= 0.6 is 0 Å². The first-order valence-electron chi connectivity index (χ1n) is 9.19. The molecule has 1 aromatic rings. The van der Waals surface area contributed by atoms with Crippen LogP contribution in [0, 0.1) is 23.3 Å². The Kier molecular flexibility index (Phi) is 7.46. The first-order chi connectivity index (χ1) is 12.5. The van der Waals surface area contributed by atoms with E-state index in [-0.39, 0.29) is 0 Å². The summed E-state index contributed by atoms with van der Waals surface area (Å²) >= 11 is 0. The average Bonchev–Trinajstić information content (AvgIpc) is 3.44. The number of nitrogens with one attached hydrogen (secondary N) is 1. The third-order valence-electron chi connectivity index (χ3n) is 4.37. The maximum Gasteiger partial charge on any atom is 0.408 e. The second-order valence-electron chi connectivity index (χ2n) is 7.18. The highest BCUT2D eigenvalue weighted by Gasteiger charge is 2.34. The van der Waals surface area contributed by atoms with Gasteiger partial charge in [0, 0.05) is 13.1 Å². The zero-order chi connectivity index (χ0) is 18.9. The second-order valence-corrected chi connectivity index (χ2v) is 7.18. The predicted octanol–water partition coefficient (Wildman–Crippen LogP) is 3.44. The molecule has 1 saturated carbocycles. The molecular weight excluding hydrogens is 330 g/mol. The summed E-state index contributed by atoms with van der Waals surface area (Å²) in [5.74, 6) is 0.363. The summed E-state index contributed by atoms with van der Waals surface area (Å²) in [5.41, 5.74) is 0.949. The van der Waals surface area contributed by atoms with Gasteiger partial charge in [-0.15, -0.1) is 0 Å². The van der Waals surface area contributed by atoms with Crippen molar-refractivity contribution < 1.29 is 14.3 Å². The Morgan fingerprint density at radius 2 is 2.00 bits per heavy atom. The fourth-order valence-electron chi connectivity index (χ4n) is 2.57. The first-order valence-corrected chi connectivity index (χ1v) is 9.19. The van der Waals surface area contributed by atoms with Crippen LogP contribution in [0.3, 0.4) is 0 Å². The van der Waals surface area contributed by atoms with E-state index in [1.165, 1.54) is 0 Å². The molecule has 0 saturated heterocycles. The molecule has 1 aromatic carbocycles. The van der Waals surface area contributed by atoms with Crippen LogP contribution in [-0.4, -0.2) is 29.5 Å². The number of nitrogens with zero attached hydrogens (tertiary/aromatic N) is 2. The van der Waals surface area contributed by atoms with Gasteiger partial charge in [0.1, 0.15) is 0 Å². The molecule has 1 N–H and O–H groups in total. The molecule has 0 aromatic heterocycles. The van der Waals surface area contributed by atoms with Gasteiger partial charge in [0.05, 0.1) is 0 Å². The van der Waals surface area contributed by atoms with E-state index in [4.69, 9.17) is 4.74 Å². The lowest BCUT2D eigenvalue weighted by Crippen LogP contribution is -2.41. The van der Waals surface area contributed by atoms with Gasteiger partial charge >= 0.3 is 6.09 Å². The van der Waals surface area contributed by atoms with Crippen molar-refractivity contribution in [1.82, 2.24) is 10.2 Å². The molecule has 0 aliphatic heterocycles. The summed E-state index contributed by atoms with van der Waals surface area (Å²) in [6.45, 7) is 4.76. The van der Waals surface area contributed by atoms with Crippen LogP contribution in [0.25, 0.3) is 0 Å². The number of amides is 2. The summed E-state index contributed by atoms with van der Waals surface area (Å²) in [6, 6.07) is 9.48. The highest BCUT2D eigenvalue weighted by atomic mass is 16.6. The van der Waals surface area contributed by atoms with Gasteiger partial charge in [0.15, 0.2) is 12.3 Å². The molecule has 0 radical (unpaired) electrons. The Bertz CT molecular complexity index is 635. The van der Waals surface area contributed by atoms with E-state index >= 15 is 0 Å². The first kappa shape index (κ1) is 19.8. The van der Waals surface area contributed by atoms with Gasteiger partial charge in [-0.1, -0.05) is 57.0 Å². The topological polar surface area (TPSA) is 82.4 Å². The SMILES string of the molecule is CC(C)CCN(C#N)C(=O)C(CC1CC1)OC(=O)NCc1ccccc1. The van der Waals surface area contributed by atoms with Gasteiger partial charge in [-0.25, -0.2) is 9.69 Å². The van der Waals surface area contributed by atoms with Gasteiger partial charge < -0.3 is 10.1 Å². The van der Waals surface area contributed by atoms with Crippen molar-refractivity contribution >= 4 is 12.0 Å². The Balaban J connectivity index is 1.91. The maximum absolute atomic E-state index is 12.7. The number of hydrogen-bond acceptors (Lipinski definition) is 4. The number of alkyl carbamates (subject to hydrolysis) is 1. The molecule has 6 nitrogen and oxygen atoms in total. The normalized spacial score (nSPS) is 14.4. The fourth-order valence-corrected chi connectivity index (χ4v) is 2.57. The molecule has 0 heterocycles. The molecule has 2 amide bonds. The molecule has 26 heavy (non-hydrogen) atoms. The molecular formula is C20H27N3O3. The summed E-state index contributed by atoms with van der Waals surface area (Å²) in [7, 11) is 0. The van der Waals surface area contributed by atoms with Crippen LogP contribution in [-0.2, 0) is 16.1 Å². The largest absolute Gasteiger partial charge is 0.436 e. The molecule has 0 spiro atoms. The summed E-state index contributed by atoms with van der Waals surface area (Å²) in [6.07, 6.45) is 3.70. The third kappa shape index (κ3) is 6.75. The molecule has 1 atom stereocenters. The minimum atomic E-state index is -0.898.